The Morgan fingerprint density at radius 1 is 1.48 bits per heavy atom. The quantitative estimate of drug-likeness (QED) is 0.863. The van der Waals surface area contributed by atoms with E-state index in [-0.39, 0.29) is 11.0 Å². The molecule has 1 saturated carbocycles. The molecular formula is C13H16ClFN2O3S. The van der Waals surface area contributed by atoms with Crippen LogP contribution in [0.15, 0.2) is 17.0 Å². The number of halogens is 2. The van der Waals surface area contributed by atoms with Gasteiger partial charge >= 0.3 is 0 Å². The molecular weight excluding hydrogens is 319 g/mol. The summed E-state index contributed by atoms with van der Waals surface area (Å²) in [5, 5.41) is 7.21. The van der Waals surface area contributed by atoms with Crippen molar-refractivity contribution in [2.75, 3.05) is 6.54 Å². The SMILES string of the molecule is CCC1(CNC(=O)c2cc(S(N)(=O)=O)cc(F)c2Cl)CC1. The summed E-state index contributed by atoms with van der Waals surface area (Å²) in [5.41, 5.74) is -0.120. The topological polar surface area (TPSA) is 89.3 Å². The molecule has 0 unspecified atom stereocenters. The molecule has 116 valence electrons. The number of carbonyl (C=O) groups excluding carboxylic acids is 1. The number of sulfonamides is 1. The van der Waals surface area contributed by atoms with E-state index in [9.17, 15) is 17.6 Å². The molecule has 0 atom stereocenters. The van der Waals surface area contributed by atoms with Gasteiger partial charge in [-0.2, -0.15) is 0 Å². The molecule has 1 aliphatic carbocycles. The first-order valence-corrected chi connectivity index (χ1v) is 8.41. The highest BCUT2D eigenvalue weighted by atomic mass is 35.5. The van der Waals surface area contributed by atoms with Crippen LogP contribution < -0.4 is 10.5 Å². The summed E-state index contributed by atoms with van der Waals surface area (Å²) in [6.45, 7) is 2.49. The summed E-state index contributed by atoms with van der Waals surface area (Å²) in [4.78, 5) is 11.6. The van der Waals surface area contributed by atoms with E-state index in [1.807, 2.05) is 6.92 Å². The molecule has 2 rings (SSSR count). The molecule has 8 heteroatoms. The Balaban J connectivity index is 2.26. The first-order chi connectivity index (χ1) is 9.68. The van der Waals surface area contributed by atoms with Crippen molar-refractivity contribution in [1.82, 2.24) is 5.32 Å². The highest BCUT2D eigenvalue weighted by molar-refractivity contribution is 7.89. The lowest BCUT2D eigenvalue weighted by Crippen LogP contribution is -2.30. The Hall–Kier alpha value is -1.18. The lowest BCUT2D eigenvalue weighted by molar-refractivity contribution is 0.0944. The van der Waals surface area contributed by atoms with Crippen LogP contribution in [0.5, 0.6) is 0 Å². The number of primary sulfonamides is 1. The third-order valence-corrected chi connectivity index (χ3v) is 5.18. The molecule has 0 spiro atoms. The minimum Gasteiger partial charge on any atom is -0.351 e. The van der Waals surface area contributed by atoms with Crippen LogP contribution in [-0.4, -0.2) is 20.9 Å². The zero-order valence-corrected chi connectivity index (χ0v) is 13.0. The fourth-order valence-electron chi connectivity index (χ4n) is 2.09. The fourth-order valence-corrected chi connectivity index (χ4v) is 2.83. The lowest BCUT2D eigenvalue weighted by Gasteiger charge is -2.14. The van der Waals surface area contributed by atoms with Gasteiger partial charge in [-0.15, -0.1) is 0 Å². The van der Waals surface area contributed by atoms with Crippen molar-refractivity contribution in [2.24, 2.45) is 10.6 Å². The number of amides is 1. The van der Waals surface area contributed by atoms with Gasteiger partial charge in [0.1, 0.15) is 5.82 Å². The van der Waals surface area contributed by atoms with Gasteiger partial charge in [-0.05, 0) is 36.8 Å². The lowest BCUT2D eigenvalue weighted by atomic mass is 10.0. The van der Waals surface area contributed by atoms with Crippen LogP contribution in [-0.2, 0) is 10.0 Å². The highest BCUT2D eigenvalue weighted by Crippen LogP contribution is 2.47. The minimum atomic E-state index is -4.11. The van der Waals surface area contributed by atoms with E-state index in [0.29, 0.717) is 12.6 Å². The molecule has 1 aromatic rings. The molecule has 3 N–H and O–H groups in total. The standard InChI is InChI=1S/C13H16ClFN2O3S/c1-2-13(3-4-13)7-17-12(18)9-5-8(21(16,19)20)6-10(15)11(9)14/h5-6H,2-4,7H2,1H3,(H,17,18)(H2,16,19,20). The molecule has 0 heterocycles. The Bertz CT molecular complexity index is 687. The van der Waals surface area contributed by atoms with Crippen LogP contribution in [0.3, 0.4) is 0 Å². The highest BCUT2D eigenvalue weighted by Gasteiger charge is 2.40. The molecule has 1 aromatic carbocycles. The van der Waals surface area contributed by atoms with Crippen molar-refractivity contribution in [2.45, 2.75) is 31.1 Å². The molecule has 0 aromatic heterocycles. The van der Waals surface area contributed by atoms with Crippen molar-refractivity contribution in [3.8, 4) is 0 Å². The number of hydrogen-bond donors (Lipinski definition) is 2. The minimum absolute atomic E-state index is 0.109. The van der Waals surface area contributed by atoms with Crippen LogP contribution in [0.4, 0.5) is 4.39 Å². The van der Waals surface area contributed by atoms with Crippen molar-refractivity contribution in [3.05, 3.63) is 28.5 Å². The first kappa shape index (κ1) is 16.2. The largest absolute Gasteiger partial charge is 0.351 e. The Labute approximate surface area is 127 Å². The molecule has 1 amide bonds. The van der Waals surface area contributed by atoms with Crippen molar-refractivity contribution in [3.63, 3.8) is 0 Å². The van der Waals surface area contributed by atoms with Gasteiger partial charge in [-0.1, -0.05) is 18.5 Å². The maximum atomic E-state index is 13.7. The monoisotopic (exact) mass is 334 g/mol. The third kappa shape index (κ3) is 3.53. The molecule has 5 nitrogen and oxygen atoms in total. The molecule has 0 saturated heterocycles. The third-order valence-electron chi connectivity index (χ3n) is 3.91. The number of nitrogens with two attached hydrogens (primary N) is 1. The Morgan fingerprint density at radius 2 is 2.10 bits per heavy atom. The summed E-state index contributed by atoms with van der Waals surface area (Å²) >= 11 is 5.74. The number of hydrogen-bond acceptors (Lipinski definition) is 3. The van der Waals surface area contributed by atoms with Gasteiger partial charge in [-0.3, -0.25) is 4.79 Å². The van der Waals surface area contributed by atoms with Gasteiger partial charge in [0.2, 0.25) is 10.0 Å². The van der Waals surface area contributed by atoms with Crippen LogP contribution in [0.2, 0.25) is 5.02 Å². The van der Waals surface area contributed by atoms with Gasteiger partial charge in [0, 0.05) is 6.54 Å². The predicted molar refractivity (Wildman–Crippen MR) is 77.1 cm³/mol. The summed E-state index contributed by atoms with van der Waals surface area (Å²) < 4.78 is 36.2. The van der Waals surface area contributed by atoms with E-state index in [1.54, 1.807) is 0 Å². The van der Waals surface area contributed by atoms with Gasteiger partial charge in [-0.25, -0.2) is 17.9 Å². The van der Waals surface area contributed by atoms with Gasteiger partial charge < -0.3 is 5.32 Å². The summed E-state index contributed by atoms with van der Waals surface area (Å²) in [6.07, 6.45) is 3.00. The zero-order chi connectivity index (χ0) is 15.8. The van der Waals surface area contributed by atoms with Crippen molar-refractivity contribution < 1.29 is 17.6 Å². The van der Waals surface area contributed by atoms with E-state index >= 15 is 0 Å². The molecule has 0 radical (unpaired) electrons. The average molecular weight is 335 g/mol. The van der Waals surface area contributed by atoms with Crippen LogP contribution in [0.25, 0.3) is 0 Å². The maximum absolute atomic E-state index is 13.7. The van der Waals surface area contributed by atoms with Gasteiger partial charge in [0.15, 0.2) is 0 Å². The van der Waals surface area contributed by atoms with Gasteiger partial charge in [0.05, 0.1) is 15.5 Å². The summed E-state index contributed by atoms with van der Waals surface area (Å²) in [7, 11) is -4.11. The molecule has 1 fully saturated rings. The second-order valence-electron chi connectivity index (χ2n) is 5.35. The number of benzene rings is 1. The van der Waals surface area contributed by atoms with E-state index in [2.05, 4.69) is 5.32 Å². The maximum Gasteiger partial charge on any atom is 0.252 e. The van der Waals surface area contributed by atoms with Gasteiger partial charge in [0.25, 0.3) is 5.91 Å². The molecule has 1 aliphatic rings. The van der Waals surface area contributed by atoms with E-state index in [0.717, 1.165) is 25.3 Å². The van der Waals surface area contributed by atoms with E-state index < -0.39 is 31.7 Å². The first-order valence-electron chi connectivity index (χ1n) is 6.48. The van der Waals surface area contributed by atoms with Crippen molar-refractivity contribution >= 4 is 27.5 Å². The summed E-state index contributed by atoms with van der Waals surface area (Å²) in [6, 6.07) is 1.68. The molecule has 0 bridgehead atoms. The van der Waals surface area contributed by atoms with E-state index in [4.69, 9.17) is 16.7 Å². The smallest absolute Gasteiger partial charge is 0.252 e. The Kier molecular flexibility index (Phi) is 4.28. The number of rotatable bonds is 5. The van der Waals surface area contributed by atoms with E-state index in [1.165, 1.54) is 0 Å². The molecule has 0 aliphatic heterocycles. The number of carbonyl (C=O) groups is 1. The zero-order valence-electron chi connectivity index (χ0n) is 11.4. The average Bonchev–Trinajstić information content (AvgIpc) is 3.18. The van der Waals surface area contributed by atoms with Crippen LogP contribution in [0, 0.1) is 11.2 Å². The second kappa shape index (κ2) is 5.55. The Morgan fingerprint density at radius 3 is 2.57 bits per heavy atom. The fraction of sp³-hybridized carbons (Fsp3) is 0.462. The predicted octanol–water partition coefficient (Wildman–Crippen LogP) is 2.05. The summed E-state index contributed by atoms with van der Waals surface area (Å²) in [5.74, 6) is -1.60. The normalized spacial score (nSPS) is 16.6. The second-order valence-corrected chi connectivity index (χ2v) is 7.29. The molecule has 21 heavy (non-hydrogen) atoms. The number of nitrogens with one attached hydrogen (secondary N) is 1. The van der Waals surface area contributed by atoms with Crippen LogP contribution >= 0.6 is 11.6 Å². The van der Waals surface area contributed by atoms with Crippen molar-refractivity contribution in [1.29, 1.82) is 0 Å². The van der Waals surface area contributed by atoms with Crippen LogP contribution in [0.1, 0.15) is 36.5 Å².